The number of halogens is 2. The van der Waals surface area contributed by atoms with Crippen LogP contribution in [0.15, 0.2) is 29.1 Å². The number of aryl methyl sites for hydroxylation is 2. The Labute approximate surface area is 155 Å². The average Bonchev–Trinajstić information content (AvgIpc) is 2.56. The Bertz CT molecular complexity index is 879. The number of benzene rings is 1. The Hall–Kier alpha value is -1.82. The summed E-state index contributed by atoms with van der Waals surface area (Å²) in [5.41, 5.74) is 2.07. The number of carbonyl (C=O) groups is 1. The number of nitrogens with one attached hydrogen (secondary N) is 1. The van der Waals surface area contributed by atoms with Crippen molar-refractivity contribution in [2.24, 2.45) is 0 Å². The van der Waals surface area contributed by atoms with Gasteiger partial charge in [-0.3, -0.25) is 9.59 Å². The maximum Gasteiger partial charge on any atom is 0.259 e. The molecule has 7 heteroatoms. The van der Waals surface area contributed by atoms with Crippen LogP contribution < -0.4 is 5.43 Å². The van der Waals surface area contributed by atoms with Gasteiger partial charge in [0.2, 0.25) is 0 Å². The Balaban J connectivity index is 1.85. The van der Waals surface area contributed by atoms with Gasteiger partial charge >= 0.3 is 0 Å². The fourth-order valence-electron chi connectivity index (χ4n) is 3.02. The van der Waals surface area contributed by atoms with Crippen LogP contribution in [0.25, 0.3) is 0 Å². The van der Waals surface area contributed by atoms with Gasteiger partial charge in [0, 0.05) is 24.0 Å². The van der Waals surface area contributed by atoms with E-state index >= 15 is 0 Å². The summed E-state index contributed by atoms with van der Waals surface area (Å²) in [6.45, 7) is 4.70. The highest BCUT2D eigenvalue weighted by molar-refractivity contribution is 6.42. The van der Waals surface area contributed by atoms with Gasteiger partial charge in [0.05, 0.1) is 23.2 Å². The van der Waals surface area contributed by atoms with Crippen LogP contribution in [0.4, 0.5) is 0 Å². The summed E-state index contributed by atoms with van der Waals surface area (Å²) in [6.07, 6.45) is -0.308. The highest BCUT2D eigenvalue weighted by atomic mass is 35.5. The van der Waals surface area contributed by atoms with Crippen LogP contribution in [0.3, 0.4) is 0 Å². The molecule has 132 valence electrons. The van der Waals surface area contributed by atoms with Crippen molar-refractivity contribution in [3.63, 3.8) is 0 Å². The van der Waals surface area contributed by atoms with E-state index < -0.39 is 0 Å². The molecule has 1 aliphatic heterocycles. The molecule has 1 saturated heterocycles. The number of morpholine rings is 1. The largest absolute Gasteiger partial charge is 0.370 e. The third-order valence-electron chi connectivity index (χ3n) is 4.24. The fraction of sp³-hybridized carbons (Fsp3) is 0.333. The van der Waals surface area contributed by atoms with Crippen LogP contribution >= 0.6 is 23.2 Å². The number of carbonyl (C=O) groups excluding carboxylic acids is 1. The standard InChI is InChI=1S/C18H18Cl2N2O3/c1-10-7-15(23)17(11(2)21-10)18(24)22-5-6-25-16(9-22)12-3-4-13(19)14(20)8-12/h3-4,7-8,16H,5-6,9H2,1-2H3,(H,21,23)/t16-/m0/s1. The van der Waals surface area contributed by atoms with Crippen molar-refractivity contribution >= 4 is 29.1 Å². The third kappa shape index (κ3) is 3.73. The van der Waals surface area contributed by atoms with Gasteiger partial charge in [-0.1, -0.05) is 29.3 Å². The molecule has 1 atom stereocenters. The zero-order valence-electron chi connectivity index (χ0n) is 13.9. The van der Waals surface area contributed by atoms with Gasteiger partial charge in [0.25, 0.3) is 5.91 Å². The molecular formula is C18H18Cl2N2O3. The quantitative estimate of drug-likeness (QED) is 0.866. The summed E-state index contributed by atoms with van der Waals surface area (Å²) < 4.78 is 5.77. The van der Waals surface area contributed by atoms with Crippen LogP contribution in [0, 0.1) is 13.8 Å². The van der Waals surface area contributed by atoms with Crippen molar-refractivity contribution in [3.8, 4) is 0 Å². The Morgan fingerprint density at radius 1 is 1.24 bits per heavy atom. The van der Waals surface area contributed by atoms with Crippen molar-refractivity contribution in [2.75, 3.05) is 19.7 Å². The lowest BCUT2D eigenvalue weighted by Gasteiger charge is -2.33. The first-order valence-corrected chi connectivity index (χ1v) is 8.68. The van der Waals surface area contributed by atoms with E-state index in [1.165, 1.54) is 6.07 Å². The molecule has 2 heterocycles. The van der Waals surface area contributed by atoms with Gasteiger partial charge in [0.15, 0.2) is 5.43 Å². The molecule has 0 spiro atoms. The van der Waals surface area contributed by atoms with Crippen LogP contribution in [0.2, 0.25) is 10.0 Å². The molecule has 0 saturated carbocycles. The molecule has 1 aromatic heterocycles. The Kier molecular flexibility index (Phi) is 5.18. The number of rotatable bonds is 2. The van der Waals surface area contributed by atoms with Gasteiger partial charge in [-0.15, -0.1) is 0 Å². The summed E-state index contributed by atoms with van der Waals surface area (Å²) >= 11 is 12.0. The van der Waals surface area contributed by atoms with Gasteiger partial charge in [-0.2, -0.15) is 0 Å². The summed E-state index contributed by atoms with van der Waals surface area (Å²) in [4.78, 5) is 29.8. The number of amides is 1. The molecule has 0 bridgehead atoms. The van der Waals surface area contributed by atoms with E-state index in [-0.39, 0.29) is 23.0 Å². The van der Waals surface area contributed by atoms with Crippen LogP contribution in [-0.2, 0) is 4.74 Å². The van der Waals surface area contributed by atoms with Crippen molar-refractivity contribution in [2.45, 2.75) is 20.0 Å². The zero-order valence-corrected chi connectivity index (χ0v) is 15.4. The lowest BCUT2D eigenvalue weighted by Crippen LogP contribution is -2.44. The molecule has 2 aromatic rings. The van der Waals surface area contributed by atoms with E-state index in [9.17, 15) is 9.59 Å². The van der Waals surface area contributed by atoms with E-state index in [4.69, 9.17) is 27.9 Å². The molecule has 1 amide bonds. The normalized spacial score (nSPS) is 17.6. The van der Waals surface area contributed by atoms with Crippen molar-refractivity contribution in [3.05, 3.63) is 67.0 Å². The minimum absolute atomic E-state index is 0.181. The van der Waals surface area contributed by atoms with Crippen molar-refractivity contribution in [1.82, 2.24) is 9.88 Å². The summed E-state index contributed by atoms with van der Waals surface area (Å²) in [5, 5.41) is 0.910. The summed E-state index contributed by atoms with van der Waals surface area (Å²) in [6, 6.07) is 6.72. The highest BCUT2D eigenvalue weighted by Crippen LogP contribution is 2.29. The lowest BCUT2D eigenvalue weighted by atomic mass is 10.1. The first kappa shape index (κ1) is 18.0. The zero-order chi connectivity index (χ0) is 18.1. The SMILES string of the molecule is Cc1cc(=O)c(C(=O)N2CCO[C@H](c3ccc(Cl)c(Cl)c3)C2)c(C)[nH]1. The van der Waals surface area contributed by atoms with Crippen LogP contribution in [0.5, 0.6) is 0 Å². The second-order valence-electron chi connectivity index (χ2n) is 6.10. The first-order valence-electron chi connectivity index (χ1n) is 7.93. The molecule has 1 aromatic carbocycles. The van der Waals surface area contributed by atoms with E-state index in [0.717, 1.165) is 11.3 Å². The number of nitrogens with zero attached hydrogens (tertiary/aromatic N) is 1. The molecule has 3 rings (SSSR count). The van der Waals surface area contributed by atoms with Crippen LogP contribution in [0.1, 0.15) is 33.4 Å². The molecule has 5 nitrogen and oxygen atoms in total. The number of hydrogen-bond donors (Lipinski definition) is 1. The van der Waals surface area contributed by atoms with Gasteiger partial charge in [0.1, 0.15) is 11.7 Å². The lowest BCUT2D eigenvalue weighted by molar-refractivity contribution is -0.0229. The highest BCUT2D eigenvalue weighted by Gasteiger charge is 2.28. The smallest absolute Gasteiger partial charge is 0.259 e. The first-order chi connectivity index (χ1) is 11.9. The second-order valence-corrected chi connectivity index (χ2v) is 6.92. The number of H-pyrrole nitrogens is 1. The van der Waals surface area contributed by atoms with E-state index in [1.54, 1.807) is 30.9 Å². The number of hydrogen-bond acceptors (Lipinski definition) is 3. The van der Waals surface area contributed by atoms with E-state index in [2.05, 4.69) is 4.98 Å². The predicted molar refractivity (Wildman–Crippen MR) is 97.6 cm³/mol. The number of aromatic nitrogens is 1. The topological polar surface area (TPSA) is 62.4 Å². The van der Waals surface area contributed by atoms with Gasteiger partial charge in [-0.05, 0) is 31.5 Å². The summed E-state index contributed by atoms with van der Waals surface area (Å²) in [7, 11) is 0. The molecule has 25 heavy (non-hydrogen) atoms. The molecule has 1 aliphatic rings. The van der Waals surface area contributed by atoms with Crippen molar-refractivity contribution in [1.29, 1.82) is 0 Å². The van der Waals surface area contributed by atoms with Gasteiger partial charge in [-0.25, -0.2) is 0 Å². The maximum atomic E-state index is 12.9. The summed E-state index contributed by atoms with van der Waals surface area (Å²) in [5.74, 6) is -0.285. The minimum Gasteiger partial charge on any atom is -0.370 e. The molecular weight excluding hydrogens is 363 g/mol. The predicted octanol–water partition coefficient (Wildman–Crippen LogP) is 3.51. The average molecular weight is 381 g/mol. The van der Waals surface area contributed by atoms with Crippen molar-refractivity contribution < 1.29 is 9.53 Å². The number of ether oxygens (including phenoxy) is 1. The second kappa shape index (κ2) is 7.20. The Morgan fingerprint density at radius 3 is 2.68 bits per heavy atom. The maximum absolute atomic E-state index is 12.9. The van der Waals surface area contributed by atoms with Gasteiger partial charge < -0.3 is 14.6 Å². The molecule has 1 N–H and O–H groups in total. The molecule has 0 aliphatic carbocycles. The monoisotopic (exact) mass is 380 g/mol. The number of aromatic amines is 1. The van der Waals surface area contributed by atoms with E-state index in [0.29, 0.717) is 35.4 Å². The number of pyridine rings is 1. The molecule has 0 unspecified atom stereocenters. The van der Waals surface area contributed by atoms with Crippen LogP contribution in [-0.4, -0.2) is 35.5 Å². The molecule has 0 radical (unpaired) electrons. The molecule has 1 fully saturated rings. The Morgan fingerprint density at radius 2 is 2.00 bits per heavy atom. The minimum atomic E-state index is -0.308. The third-order valence-corrected chi connectivity index (χ3v) is 4.98. The van der Waals surface area contributed by atoms with E-state index in [1.807, 2.05) is 6.07 Å². The fourth-order valence-corrected chi connectivity index (χ4v) is 3.33.